The number of nitrogens with two attached hydrogens (primary N) is 1. The Hall–Kier alpha value is -1.56. The van der Waals surface area contributed by atoms with Gasteiger partial charge in [0.1, 0.15) is 5.60 Å². The summed E-state index contributed by atoms with van der Waals surface area (Å²) in [6.45, 7) is 6.97. The molecule has 2 atom stereocenters. The topological polar surface area (TPSA) is 73.4 Å². The number of carbonyl (C=O) groups is 1. The molecule has 20 heavy (non-hydrogen) atoms. The van der Waals surface area contributed by atoms with Crippen molar-refractivity contribution in [2.45, 2.75) is 38.8 Å². The van der Waals surface area contributed by atoms with Crippen molar-refractivity contribution in [2.24, 2.45) is 18.7 Å². The van der Waals surface area contributed by atoms with Crippen LogP contribution in [0.1, 0.15) is 38.8 Å². The molecule has 6 heteroatoms. The van der Waals surface area contributed by atoms with Crippen LogP contribution in [0.15, 0.2) is 12.4 Å². The van der Waals surface area contributed by atoms with E-state index < -0.39 is 5.60 Å². The Morgan fingerprint density at radius 2 is 2.25 bits per heavy atom. The normalized spacial score (nSPS) is 21.1. The van der Waals surface area contributed by atoms with Gasteiger partial charge in [-0.05, 0) is 33.1 Å². The molecule has 6 nitrogen and oxygen atoms in total. The van der Waals surface area contributed by atoms with E-state index in [9.17, 15) is 4.79 Å². The molecule has 2 N–H and O–H groups in total. The number of amides is 1. The Bertz CT molecular complexity index is 478. The minimum absolute atomic E-state index is 0.0869. The zero-order valence-corrected chi connectivity index (χ0v) is 12.7. The van der Waals surface area contributed by atoms with Gasteiger partial charge in [0, 0.05) is 37.9 Å². The largest absolute Gasteiger partial charge is 0.444 e. The SMILES string of the molecule is Cn1cc(C(N)C2CCN(C(=O)OC(C)(C)C)C2)cn1. The van der Waals surface area contributed by atoms with Crippen LogP contribution < -0.4 is 5.73 Å². The van der Waals surface area contributed by atoms with Crippen LogP contribution in [0.25, 0.3) is 0 Å². The van der Waals surface area contributed by atoms with Crippen molar-refractivity contribution in [3.63, 3.8) is 0 Å². The molecule has 1 aliphatic rings. The van der Waals surface area contributed by atoms with Crippen LogP contribution in [0.5, 0.6) is 0 Å². The predicted octanol–water partition coefficient (Wildman–Crippen LogP) is 1.68. The number of rotatable bonds is 2. The summed E-state index contributed by atoms with van der Waals surface area (Å²) in [6.07, 6.45) is 4.37. The quantitative estimate of drug-likeness (QED) is 0.894. The minimum atomic E-state index is -0.458. The van der Waals surface area contributed by atoms with E-state index in [0.717, 1.165) is 12.0 Å². The van der Waals surface area contributed by atoms with Crippen molar-refractivity contribution in [1.82, 2.24) is 14.7 Å². The third-order valence-corrected chi connectivity index (χ3v) is 3.49. The first-order valence-corrected chi connectivity index (χ1v) is 6.98. The van der Waals surface area contributed by atoms with Gasteiger partial charge in [0.15, 0.2) is 0 Å². The summed E-state index contributed by atoms with van der Waals surface area (Å²) in [4.78, 5) is 13.8. The Morgan fingerprint density at radius 1 is 1.55 bits per heavy atom. The maximum atomic E-state index is 12.0. The molecule has 0 aliphatic carbocycles. The first-order valence-electron chi connectivity index (χ1n) is 6.98. The second-order valence-electron chi connectivity index (χ2n) is 6.45. The molecule has 0 bridgehead atoms. The smallest absolute Gasteiger partial charge is 0.410 e. The van der Waals surface area contributed by atoms with E-state index in [2.05, 4.69) is 5.10 Å². The molecule has 1 fully saturated rings. The fraction of sp³-hybridized carbons (Fsp3) is 0.714. The first kappa shape index (κ1) is 14.8. The zero-order chi connectivity index (χ0) is 14.9. The molecule has 2 heterocycles. The highest BCUT2D eigenvalue weighted by molar-refractivity contribution is 5.68. The monoisotopic (exact) mass is 280 g/mol. The van der Waals surface area contributed by atoms with Gasteiger partial charge in [-0.25, -0.2) is 4.79 Å². The van der Waals surface area contributed by atoms with Crippen LogP contribution in [-0.2, 0) is 11.8 Å². The summed E-state index contributed by atoms with van der Waals surface area (Å²) in [5, 5.41) is 4.14. The third-order valence-electron chi connectivity index (χ3n) is 3.49. The first-order chi connectivity index (χ1) is 9.26. The van der Waals surface area contributed by atoms with Gasteiger partial charge in [-0.3, -0.25) is 4.68 Å². The van der Waals surface area contributed by atoms with Crippen molar-refractivity contribution in [2.75, 3.05) is 13.1 Å². The number of aryl methyl sites for hydroxylation is 1. The van der Waals surface area contributed by atoms with Gasteiger partial charge in [-0.1, -0.05) is 0 Å². The summed E-state index contributed by atoms with van der Waals surface area (Å²) >= 11 is 0. The number of nitrogens with zero attached hydrogens (tertiary/aromatic N) is 3. The summed E-state index contributed by atoms with van der Waals surface area (Å²) in [7, 11) is 1.87. The highest BCUT2D eigenvalue weighted by atomic mass is 16.6. The Labute approximate surface area is 119 Å². The number of likely N-dealkylation sites (tertiary alicyclic amines) is 1. The Kier molecular flexibility index (Phi) is 4.04. The molecule has 0 aromatic carbocycles. The van der Waals surface area contributed by atoms with Gasteiger partial charge in [-0.15, -0.1) is 0 Å². The lowest BCUT2D eigenvalue weighted by Gasteiger charge is -2.25. The average Bonchev–Trinajstić information content (AvgIpc) is 2.94. The minimum Gasteiger partial charge on any atom is -0.444 e. The van der Waals surface area contributed by atoms with Crippen molar-refractivity contribution >= 4 is 6.09 Å². The fourth-order valence-electron chi connectivity index (χ4n) is 2.46. The molecule has 112 valence electrons. The maximum Gasteiger partial charge on any atom is 0.410 e. The van der Waals surface area contributed by atoms with E-state index in [0.29, 0.717) is 13.1 Å². The van der Waals surface area contributed by atoms with E-state index in [1.807, 2.05) is 34.0 Å². The second kappa shape index (κ2) is 5.44. The lowest BCUT2D eigenvalue weighted by molar-refractivity contribution is 0.0286. The Balaban J connectivity index is 1.93. The van der Waals surface area contributed by atoms with E-state index in [4.69, 9.17) is 10.5 Å². The van der Waals surface area contributed by atoms with E-state index in [-0.39, 0.29) is 18.1 Å². The number of hydrogen-bond donors (Lipinski definition) is 1. The standard InChI is InChI=1S/C14H24N4O2/c1-14(2,3)20-13(19)18-6-5-10(9-18)12(15)11-7-16-17(4)8-11/h7-8,10,12H,5-6,9,15H2,1-4H3. The lowest BCUT2D eigenvalue weighted by Crippen LogP contribution is -2.36. The summed E-state index contributed by atoms with van der Waals surface area (Å²) < 4.78 is 7.14. The van der Waals surface area contributed by atoms with Crippen LogP contribution in [0.4, 0.5) is 4.79 Å². The number of hydrogen-bond acceptors (Lipinski definition) is 4. The van der Waals surface area contributed by atoms with Crippen LogP contribution in [0, 0.1) is 5.92 Å². The van der Waals surface area contributed by atoms with Crippen LogP contribution in [0.2, 0.25) is 0 Å². The van der Waals surface area contributed by atoms with Crippen molar-refractivity contribution in [3.8, 4) is 0 Å². The van der Waals surface area contributed by atoms with E-state index >= 15 is 0 Å². The highest BCUT2D eigenvalue weighted by Crippen LogP contribution is 2.28. The summed E-state index contributed by atoms with van der Waals surface area (Å²) in [5.41, 5.74) is 6.83. The molecule has 1 aromatic heterocycles. The van der Waals surface area contributed by atoms with Crippen LogP contribution in [-0.4, -0.2) is 39.5 Å². The molecular weight excluding hydrogens is 256 g/mol. The summed E-state index contributed by atoms with van der Waals surface area (Å²) in [5.74, 6) is 0.256. The molecule has 1 aliphatic heterocycles. The molecule has 0 radical (unpaired) electrons. The summed E-state index contributed by atoms with van der Waals surface area (Å²) in [6, 6.07) is -0.0869. The highest BCUT2D eigenvalue weighted by Gasteiger charge is 2.33. The molecule has 0 spiro atoms. The molecule has 1 amide bonds. The van der Waals surface area contributed by atoms with E-state index in [1.165, 1.54) is 0 Å². The number of ether oxygens (including phenoxy) is 1. The maximum absolute atomic E-state index is 12.0. The van der Waals surface area contributed by atoms with Crippen molar-refractivity contribution in [3.05, 3.63) is 18.0 Å². The van der Waals surface area contributed by atoms with Gasteiger partial charge in [0.05, 0.1) is 6.20 Å². The lowest BCUT2D eigenvalue weighted by atomic mass is 9.95. The third kappa shape index (κ3) is 3.50. The average molecular weight is 280 g/mol. The van der Waals surface area contributed by atoms with Crippen LogP contribution in [0.3, 0.4) is 0 Å². The Morgan fingerprint density at radius 3 is 2.80 bits per heavy atom. The molecular formula is C14H24N4O2. The van der Waals surface area contributed by atoms with Crippen LogP contribution >= 0.6 is 0 Å². The number of carbonyl (C=O) groups excluding carboxylic acids is 1. The van der Waals surface area contributed by atoms with Gasteiger partial charge >= 0.3 is 6.09 Å². The van der Waals surface area contributed by atoms with Gasteiger partial charge in [-0.2, -0.15) is 5.10 Å². The van der Waals surface area contributed by atoms with E-state index in [1.54, 1.807) is 15.8 Å². The predicted molar refractivity (Wildman–Crippen MR) is 76.1 cm³/mol. The second-order valence-corrected chi connectivity index (χ2v) is 6.45. The van der Waals surface area contributed by atoms with Gasteiger partial charge in [0.2, 0.25) is 0 Å². The van der Waals surface area contributed by atoms with Crippen molar-refractivity contribution in [1.29, 1.82) is 0 Å². The molecule has 1 aromatic rings. The van der Waals surface area contributed by atoms with Crippen molar-refractivity contribution < 1.29 is 9.53 Å². The fourth-order valence-corrected chi connectivity index (χ4v) is 2.46. The molecule has 1 saturated heterocycles. The van der Waals surface area contributed by atoms with Gasteiger partial charge in [0.25, 0.3) is 0 Å². The molecule has 2 unspecified atom stereocenters. The number of aromatic nitrogens is 2. The van der Waals surface area contributed by atoms with Gasteiger partial charge < -0.3 is 15.4 Å². The molecule has 2 rings (SSSR count). The zero-order valence-electron chi connectivity index (χ0n) is 12.7. The molecule has 0 saturated carbocycles.